The molecule has 4 aromatic rings. The van der Waals surface area contributed by atoms with Crippen molar-refractivity contribution >= 4 is 51.4 Å². The van der Waals surface area contributed by atoms with Crippen LogP contribution in [0.15, 0.2) is 53.7 Å². The summed E-state index contributed by atoms with van der Waals surface area (Å²) in [6.45, 7) is 4.66. The number of nitrogens with zero attached hydrogens (tertiary/aromatic N) is 4. The third-order valence-electron chi connectivity index (χ3n) is 5.00. The number of anilines is 1. The Kier molecular flexibility index (Phi) is 5.85. The molecule has 2 heterocycles. The van der Waals surface area contributed by atoms with Crippen molar-refractivity contribution in [2.45, 2.75) is 37.2 Å². The lowest BCUT2D eigenvalue weighted by molar-refractivity contribution is -0.115. The van der Waals surface area contributed by atoms with E-state index in [9.17, 15) is 14.7 Å². The molecule has 8 nitrogen and oxygen atoms in total. The van der Waals surface area contributed by atoms with Crippen molar-refractivity contribution in [3.8, 4) is 0 Å². The Balaban J connectivity index is 1.62. The molecule has 1 atom stereocenters. The Morgan fingerprint density at radius 3 is 2.58 bits per heavy atom. The second-order valence-electron chi connectivity index (χ2n) is 6.88. The summed E-state index contributed by atoms with van der Waals surface area (Å²) >= 11 is 1.22. The Bertz CT molecular complexity index is 1290. The lowest BCUT2D eigenvalue weighted by Gasteiger charge is -2.15. The third kappa shape index (κ3) is 3.96. The molecule has 0 aliphatic heterocycles. The maximum absolute atomic E-state index is 12.8. The van der Waals surface area contributed by atoms with E-state index >= 15 is 0 Å². The van der Waals surface area contributed by atoms with E-state index < -0.39 is 11.2 Å². The third-order valence-corrected chi connectivity index (χ3v) is 6.21. The molecular formula is C22H21N5O3S. The summed E-state index contributed by atoms with van der Waals surface area (Å²) in [5.74, 6) is -1.40. The number of hydrogen-bond donors (Lipinski definition) is 2. The molecule has 0 fully saturated rings. The van der Waals surface area contributed by atoms with Gasteiger partial charge in [-0.1, -0.05) is 49.0 Å². The predicted molar refractivity (Wildman–Crippen MR) is 120 cm³/mol. The van der Waals surface area contributed by atoms with Crippen molar-refractivity contribution in [2.24, 2.45) is 0 Å². The van der Waals surface area contributed by atoms with Crippen LogP contribution in [0.1, 0.15) is 30.6 Å². The van der Waals surface area contributed by atoms with Crippen LogP contribution in [0.5, 0.6) is 0 Å². The summed E-state index contributed by atoms with van der Waals surface area (Å²) in [5, 5.41) is 21.6. The van der Waals surface area contributed by atoms with E-state index in [1.54, 1.807) is 18.2 Å². The average molecular weight is 436 g/mol. The van der Waals surface area contributed by atoms with Crippen LogP contribution in [0.25, 0.3) is 22.1 Å². The first-order valence-corrected chi connectivity index (χ1v) is 10.8. The zero-order chi connectivity index (χ0) is 22.0. The normalized spacial score (nSPS) is 12.2. The van der Waals surface area contributed by atoms with E-state index in [-0.39, 0.29) is 17.2 Å². The van der Waals surface area contributed by atoms with Crippen LogP contribution in [0.2, 0.25) is 0 Å². The standard InChI is InChI=1S/C22H21N5O3S/c1-3-17(20(28)23-15-11-7-5-9-13(15)21(29)30)31-22-24-19-18(25-26-22)14-10-6-8-12-16(14)27(19)4-2/h5-12,17H,3-4H2,1-2H3,(H,23,28)(H,29,30). The molecule has 2 N–H and O–H groups in total. The number of carboxylic acids is 1. The highest BCUT2D eigenvalue weighted by atomic mass is 32.2. The molecule has 1 amide bonds. The summed E-state index contributed by atoms with van der Waals surface area (Å²) in [5.41, 5.74) is 2.81. The van der Waals surface area contributed by atoms with E-state index in [0.717, 1.165) is 28.6 Å². The molecule has 0 spiro atoms. The van der Waals surface area contributed by atoms with Crippen LogP contribution in [-0.2, 0) is 11.3 Å². The van der Waals surface area contributed by atoms with Crippen molar-refractivity contribution in [3.05, 3.63) is 54.1 Å². The smallest absolute Gasteiger partial charge is 0.337 e. The molecule has 2 aromatic heterocycles. The lowest BCUT2D eigenvalue weighted by Crippen LogP contribution is -2.26. The van der Waals surface area contributed by atoms with Crippen LogP contribution in [-0.4, -0.2) is 42.0 Å². The van der Waals surface area contributed by atoms with Gasteiger partial charge in [0.15, 0.2) is 5.65 Å². The van der Waals surface area contributed by atoms with Crippen LogP contribution in [0.3, 0.4) is 0 Å². The molecule has 4 rings (SSSR count). The van der Waals surface area contributed by atoms with Gasteiger partial charge in [0, 0.05) is 11.9 Å². The van der Waals surface area contributed by atoms with Crippen molar-refractivity contribution in [2.75, 3.05) is 5.32 Å². The molecule has 1 unspecified atom stereocenters. The maximum Gasteiger partial charge on any atom is 0.337 e. The molecule has 0 bridgehead atoms. The first kappa shape index (κ1) is 20.8. The van der Waals surface area contributed by atoms with Crippen molar-refractivity contribution < 1.29 is 14.7 Å². The van der Waals surface area contributed by atoms with Gasteiger partial charge in [-0.2, -0.15) is 0 Å². The minimum Gasteiger partial charge on any atom is -0.478 e. The monoisotopic (exact) mass is 435 g/mol. The fourth-order valence-corrected chi connectivity index (χ4v) is 4.31. The number of aromatic nitrogens is 4. The molecule has 9 heteroatoms. The fraction of sp³-hybridized carbons (Fsp3) is 0.227. The van der Waals surface area contributed by atoms with Gasteiger partial charge >= 0.3 is 5.97 Å². The van der Waals surface area contributed by atoms with Gasteiger partial charge in [-0.3, -0.25) is 4.79 Å². The first-order valence-electron chi connectivity index (χ1n) is 9.95. The zero-order valence-electron chi connectivity index (χ0n) is 17.1. The average Bonchev–Trinajstić information content (AvgIpc) is 3.10. The number of aryl methyl sites for hydroxylation is 1. The largest absolute Gasteiger partial charge is 0.478 e. The minimum atomic E-state index is -1.10. The fourth-order valence-electron chi connectivity index (χ4n) is 3.50. The summed E-state index contributed by atoms with van der Waals surface area (Å²) in [6.07, 6.45) is 0.518. The van der Waals surface area contributed by atoms with Crippen molar-refractivity contribution in [1.82, 2.24) is 19.7 Å². The molecule has 0 aliphatic rings. The number of nitrogens with one attached hydrogen (secondary N) is 1. The second-order valence-corrected chi connectivity index (χ2v) is 8.05. The second kappa shape index (κ2) is 8.73. The van der Waals surface area contributed by atoms with Gasteiger partial charge in [0.2, 0.25) is 11.1 Å². The van der Waals surface area contributed by atoms with Gasteiger partial charge < -0.3 is 15.0 Å². The molecule has 0 saturated carbocycles. The van der Waals surface area contributed by atoms with Crippen LogP contribution in [0, 0.1) is 0 Å². The van der Waals surface area contributed by atoms with E-state index in [2.05, 4.69) is 25.1 Å². The van der Waals surface area contributed by atoms with Gasteiger partial charge in [-0.15, -0.1) is 10.2 Å². The quantitative estimate of drug-likeness (QED) is 0.419. The van der Waals surface area contributed by atoms with E-state index in [1.165, 1.54) is 17.8 Å². The van der Waals surface area contributed by atoms with E-state index in [4.69, 9.17) is 0 Å². The number of carbonyl (C=O) groups is 2. The van der Waals surface area contributed by atoms with E-state index in [1.807, 2.05) is 38.1 Å². The molecule has 0 radical (unpaired) electrons. The highest BCUT2D eigenvalue weighted by molar-refractivity contribution is 8.00. The summed E-state index contributed by atoms with van der Waals surface area (Å²) in [4.78, 5) is 28.9. The Morgan fingerprint density at radius 2 is 1.84 bits per heavy atom. The number of carboxylic acid groups (broad SMARTS) is 1. The van der Waals surface area contributed by atoms with Gasteiger partial charge in [0.1, 0.15) is 5.52 Å². The summed E-state index contributed by atoms with van der Waals surface area (Å²) < 4.78 is 2.08. The van der Waals surface area contributed by atoms with Crippen molar-refractivity contribution in [1.29, 1.82) is 0 Å². The molecule has 2 aromatic carbocycles. The number of rotatable bonds is 7. The number of amides is 1. The highest BCUT2D eigenvalue weighted by Crippen LogP contribution is 2.29. The van der Waals surface area contributed by atoms with E-state index in [0.29, 0.717) is 11.6 Å². The van der Waals surface area contributed by atoms with Gasteiger partial charge in [-0.05, 0) is 31.5 Å². The van der Waals surface area contributed by atoms with Crippen molar-refractivity contribution in [3.63, 3.8) is 0 Å². The molecule has 31 heavy (non-hydrogen) atoms. The summed E-state index contributed by atoms with van der Waals surface area (Å²) in [7, 11) is 0. The molecule has 158 valence electrons. The SMILES string of the molecule is CCC(Sc1nnc2c3ccccc3n(CC)c2n1)C(=O)Nc1ccccc1C(=O)O. The Hall–Kier alpha value is -3.46. The molecule has 0 saturated heterocycles. The lowest BCUT2D eigenvalue weighted by atomic mass is 10.1. The number of fused-ring (bicyclic) bond motifs is 3. The number of aromatic carboxylic acids is 1. The number of para-hydroxylation sites is 2. The molecular weight excluding hydrogens is 414 g/mol. The minimum absolute atomic E-state index is 0.0440. The van der Waals surface area contributed by atoms with Gasteiger partial charge in [-0.25, -0.2) is 9.78 Å². The Morgan fingerprint density at radius 1 is 1.10 bits per heavy atom. The highest BCUT2D eigenvalue weighted by Gasteiger charge is 2.23. The topological polar surface area (TPSA) is 110 Å². The zero-order valence-corrected chi connectivity index (χ0v) is 17.9. The van der Waals surface area contributed by atoms with Crippen LogP contribution in [0.4, 0.5) is 5.69 Å². The first-order chi connectivity index (χ1) is 15.0. The van der Waals surface area contributed by atoms with Gasteiger partial charge in [0.05, 0.1) is 22.0 Å². The number of benzene rings is 2. The van der Waals surface area contributed by atoms with Crippen LogP contribution < -0.4 is 5.32 Å². The predicted octanol–water partition coefficient (Wildman–Crippen LogP) is 4.21. The summed E-state index contributed by atoms with van der Waals surface area (Å²) in [6, 6.07) is 14.3. The number of carbonyl (C=O) groups excluding carboxylic acids is 1. The molecule has 0 aliphatic carbocycles. The Labute approximate surface area is 182 Å². The van der Waals surface area contributed by atoms with Crippen LogP contribution >= 0.6 is 11.8 Å². The number of hydrogen-bond acceptors (Lipinski definition) is 6. The maximum atomic E-state index is 12.8. The van der Waals surface area contributed by atoms with Gasteiger partial charge in [0.25, 0.3) is 0 Å². The number of thioether (sulfide) groups is 1.